The largest absolute Gasteiger partial charge is 0.401 e. The second kappa shape index (κ2) is 8.68. The van der Waals surface area contributed by atoms with Gasteiger partial charge < -0.3 is 10.6 Å². The molecule has 4 nitrogen and oxygen atoms in total. The number of benzene rings is 1. The summed E-state index contributed by atoms with van der Waals surface area (Å²) in [5, 5.41) is 6.42. The van der Waals surface area contributed by atoms with Gasteiger partial charge in [-0.25, -0.2) is 4.39 Å². The monoisotopic (exact) mass is 400 g/mol. The highest BCUT2D eigenvalue weighted by molar-refractivity contribution is 5.79. The lowest BCUT2D eigenvalue weighted by atomic mass is 9.95. The van der Waals surface area contributed by atoms with Crippen molar-refractivity contribution in [1.82, 2.24) is 15.5 Å². The van der Waals surface area contributed by atoms with Gasteiger partial charge in [-0.05, 0) is 50.3 Å². The number of rotatable bonds is 7. The summed E-state index contributed by atoms with van der Waals surface area (Å²) in [6, 6.07) is 6.84. The summed E-state index contributed by atoms with van der Waals surface area (Å²) in [4.78, 5) is 6.09. The maximum Gasteiger partial charge on any atom is 0.401 e. The van der Waals surface area contributed by atoms with Crippen molar-refractivity contribution in [1.29, 1.82) is 0 Å². The molecule has 1 atom stereocenters. The molecule has 0 spiro atoms. The number of hydrogen-bond acceptors (Lipinski definition) is 2. The van der Waals surface area contributed by atoms with Crippen molar-refractivity contribution in [3.8, 4) is 0 Å². The van der Waals surface area contributed by atoms with Gasteiger partial charge in [-0.2, -0.15) is 13.2 Å². The average molecular weight is 400 g/mol. The lowest BCUT2D eigenvalue weighted by molar-refractivity contribution is -0.143. The Morgan fingerprint density at radius 2 is 2.00 bits per heavy atom. The summed E-state index contributed by atoms with van der Waals surface area (Å²) in [7, 11) is 0. The minimum absolute atomic E-state index is 0.160. The normalized spacial score (nSPS) is 22.3. The van der Waals surface area contributed by atoms with E-state index >= 15 is 0 Å². The Labute approximate surface area is 163 Å². The van der Waals surface area contributed by atoms with Crippen molar-refractivity contribution in [2.75, 3.05) is 39.3 Å². The molecule has 8 heteroatoms. The number of nitrogens with zero attached hydrogens (tertiary/aromatic N) is 2. The Morgan fingerprint density at radius 1 is 1.25 bits per heavy atom. The van der Waals surface area contributed by atoms with Gasteiger partial charge in [0.15, 0.2) is 5.96 Å². The Bertz CT molecular complexity index is 685. The summed E-state index contributed by atoms with van der Waals surface area (Å²) in [5.74, 6) is 0.607. The van der Waals surface area contributed by atoms with E-state index in [-0.39, 0.29) is 17.2 Å². The predicted molar refractivity (Wildman–Crippen MR) is 102 cm³/mol. The number of aliphatic imine (C=N–C) groups is 1. The van der Waals surface area contributed by atoms with Gasteiger partial charge >= 0.3 is 6.18 Å². The van der Waals surface area contributed by atoms with Gasteiger partial charge in [0, 0.05) is 25.0 Å². The third-order valence-corrected chi connectivity index (χ3v) is 5.51. The van der Waals surface area contributed by atoms with Gasteiger partial charge in [0.1, 0.15) is 5.82 Å². The number of halogens is 4. The smallest absolute Gasteiger partial charge is 0.357 e. The predicted octanol–water partition coefficient (Wildman–Crippen LogP) is 3.30. The quantitative estimate of drug-likeness (QED) is 0.419. The molecular weight excluding hydrogens is 372 g/mol. The summed E-state index contributed by atoms with van der Waals surface area (Å²) >= 11 is 0. The molecule has 156 valence electrons. The third-order valence-electron chi connectivity index (χ3n) is 5.51. The molecule has 28 heavy (non-hydrogen) atoms. The summed E-state index contributed by atoms with van der Waals surface area (Å²) in [5.41, 5.74) is 0.484. The summed E-state index contributed by atoms with van der Waals surface area (Å²) < 4.78 is 51.7. The lowest BCUT2D eigenvalue weighted by Crippen LogP contribution is -2.41. The molecule has 0 aromatic heterocycles. The highest BCUT2D eigenvalue weighted by Crippen LogP contribution is 2.49. The fourth-order valence-corrected chi connectivity index (χ4v) is 3.84. The molecule has 1 aliphatic carbocycles. The molecule has 1 aromatic rings. The highest BCUT2D eigenvalue weighted by atomic mass is 19.4. The number of guanidine groups is 1. The van der Waals surface area contributed by atoms with Crippen LogP contribution in [0.5, 0.6) is 0 Å². The molecule has 2 aliphatic rings. The standard InChI is InChI=1S/C20H28F4N4/c1-2-25-18(26-11-15-7-10-28(12-15)14-20(22,23)24)27-13-19(8-9-19)16-5-3-4-6-17(16)21/h3-6,15H,2,7-14H2,1H3,(H2,25,26,27). The Balaban J connectivity index is 1.53. The molecule has 3 rings (SSSR count). The van der Waals surface area contributed by atoms with Crippen molar-refractivity contribution in [3.63, 3.8) is 0 Å². The first-order valence-corrected chi connectivity index (χ1v) is 9.87. The van der Waals surface area contributed by atoms with E-state index in [1.165, 1.54) is 11.0 Å². The Kier molecular flexibility index (Phi) is 6.47. The first-order chi connectivity index (χ1) is 13.3. The van der Waals surface area contributed by atoms with Crippen LogP contribution in [0.25, 0.3) is 0 Å². The number of hydrogen-bond donors (Lipinski definition) is 2. The molecular formula is C20H28F4N4. The molecule has 2 N–H and O–H groups in total. The Morgan fingerprint density at radius 3 is 2.64 bits per heavy atom. The zero-order chi connectivity index (χ0) is 20.2. The number of nitrogens with one attached hydrogen (secondary N) is 2. The molecule has 1 aliphatic heterocycles. The van der Waals surface area contributed by atoms with Crippen LogP contribution in [0, 0.1) is 11.7 Å². The van der Waals surface area contributed by atoms with E-state index in [4.69, 9.17) is 0 Å². The van der Waals surface area contributed by atoms with Crippen LogP contribution in [0.15, 0.2) is 29.3 Å². The molecule has 0 radical (unpaired) electrons. The van der Waals surface area contributed by atoms with Crippen molar-refractivity contribution in [2.24, 2.45) is 10.9 Å². The first-order valence-electron chi connectivity index (χ1n) is 9.87. The zero-order valence-corrected chi connectivity index (χ0v) is 16.2. The van der Waals surface area contributed by atoms with Gasteiger partial charge in [-0.15, -0.1) is 0 Å². The molecule has 2 fully saturated rings. The fourth-order valence-electron chi connectivity index (χ4n) is 3.84. The zero-order valence-electron chi connectivity index (χ0n) is 16.2. The van der Waals surface area contributed by atoms with Crippen LogP contribution in [0.3, 0.4) is 0 Å². The Hall–Kier alpha value is -1.83. The van der Waals surface area contributed by atoms with E-state index in [1.807, 2.05) is 19.1 Å². The summed E-state index contributed by atoms with van der Waals surface area (Å²) in [6.45, 7) is 3.77. The van der Waals surface area contributed by atoms with Crippen LogP contribution in [0.2, 0.25) is 0 Å². The van der Waals surface area contributed by atoms with Crippen LogP contribution in [0.4, 0.5) is 17.6 Å². The van der Waals surface area contributed by atoms with E-state index in [0.29, 0.717) is 44.2 Å². The maximum atomic E-state index is 14.1. The van der Waals surface area contributed by atoms with Crippen molar-refractivity contribution < 1.29 is 17.6 Å². The molecule has 1 heterocycles. The van der Waals surface area contributed by atoms with Crippen molar-refractivity contribution in [3.05, 3.63) is 35.6 Å². The second-order valence-corrected chi connectivity index (χ2v) is 7.84. The highest BCUT2D eigenvalue weighted by Gasteiger charge is 2.45. The minimum atomic E-state index is -4.15. The lowest BCUT2D eigenvalue weighted by Gasteiger charge is -2.19. The van der Waals surface area contributed by atoms with Gasteiger partial charge in [-0.3, -0.25) is 9.89 Å². The van der Waals surface area contributed by atoms with Crippen LogP contribution >= 0.6 is 0 Å². The van der Waals surface area contributed by atoms with Crippen LogP contribution < -0.4 is 10.6 Å². The van der Waals surface area contributed by atoms with E-state index in [9.17, 15) is 17.6 Å². The SMILES string of the molecule is CCNC(=NCC1(c2ccccc2F)CC1)NCC1CCN(CC(F)(F)F)C1. The van der Waals surface area contributed by atoms with Crippen molar-refractivity contribution in [2.45, 2.75) is 37.8 Å². The van der Waals surface area contributed by atoms with Crippen LogP contribution in [-0.4, -0.2) is 56.3 Å². The maximum absolute atomic E-state index is 14.1. The van der Waals surface area contributed by atoms with E-state index in [2.05, 4.69) is 15.6 Å². The number of alkyl halides is 3. The summed E-state index contributed by atoms with van der Waals surface area (Å²) in [6.07, 6.45) is -1.59. The van der Waals surface area contributed by atoms with Gasteiger partial charge in [0.2, 0.25) is 0 Å². The third kappa shape index (κ3) is 5.59. The molecule has 0 amide bonds. The second-order valence-electron chi connectivity index (χ2n) is 7.84. The molecule has 0 bridgehead atoms. The van der Waals surface area contributed by atoms with Gasteiger partial charge in [0.05, 0.1) is 13.1 Å². The van der Waals surface area contributed by atoms with Crippen LogP contribution in [-0.2, 0) is 5.41 Å². The average Bonchev–Trinajstić information content (AvgIpc) is 3.29. The van der Waals surface area contributed by atoms with Crippen LogP contribution in [0.1, 0.15) is 31.7 Å². The van der Waals surface area contributed by atoms with E-state index in [0.717, 1.165) is 19.3 Å². The topological polar surface area (TPSA) is 39.7 Å². The fraction of sp³-hybridized carbons (Fsp3) is 0.650. The van der Waals surface area contributed by atoms with E-state index < -0.39 is 12.7 Å². The minimum Gasteiger partial charge on any atom is -0.357 e. The molecule has 1 unspecified atom stereocenters. The molecule has 1 saturated heterocycles. The van der Waals surface area contributed by atoms with Crippen molar-refractivity contribution >= 4 is 5.96 Å². The first kappa shape index (κ1) is 20.9. The van der Waals surface area contributed by atoms with Gasteiger partial charge in [-0.1, -0.05) is 18.2 Å². The van der Waals surface area contributed by atoms with Gasteiger partial charge in [0.25, 0.3) is 0 Å². The van der Waals surface area contributed by atoms with E-state index in [1.54, 1.807) is 6.07 Å². The molecule has 1 aromatic carbocycles. The number of likely N-dealkylation sites (tertiary alicyclic amines) is 1. The molecule has 1 saturated carbocycles.